The third-order valence-corrected chi connectivity index (χ3v) is 9.32. The molecule has 17 nitrogen and oxygen atoms in total. The van der Waals surface area contributed by atoms with E-state index in [-0.39, 0.29) is 24.3 Å². The van der Waals surface area contributed by atoms with E-state index in [0.717, 1.165) is 65.4 Å². The molecule has 7 N–H and O–H groups in total. The molecule has 1 aliphatic rings. The van der Waals surface area contributed by atoms with E-state index in [0.29, 0.717) is 40.5 Å². The van der Waals surface area contributed by atoms with Crippen LogP contribution in [0.25, 0.3) is 38.2 Å². The van der Waals surface area contributed by atoms with Gasteiger partial charge in [-0.15, -0.1) is 11.3 Å². The van der Waals surface area contributed by atoms with Crippen molar-refractivity contribution in [3.05, 3.63) is 113 Å². The Labute approximate surface area is 359 Å². The SMILES string of the molecule is CC(=O)O.CC(=O)O.CC(=O)O.CC(=O)O.COc1cc(-c2csc3c(/C=C/CCN4C(=O)c5ccccc5C4=O)cnc(N)c23)ccc1NC(=O)c1cc2ccccc2n1C. The van der Waals surface area contributed by atoms with Crippen molar-refractivity contribution in [2.45, 2.75) is 34.1 Å². The quantitative estimate of drug-likeness (QED) is 0.0816. The maximum Gasteiger partial charge on any atom is 0.300 e. The molecule has 0 saturated heterocycles. The molecule has 3 amide bonds. The highest BCUT2D eigenvalue weighted by atomic mass is 32.1. The van der Waals surface area contributed by atoms with E-state index in [2.05, 4.69) is 10.3 Å². The lowest BCUT2D eigenvalue weighted by Gasteiger charge is -2.13. The highest BCUT2D eigenvalue weighted by Gasteiger charge is 2.34. The molecule has 0 bridgehead atoms. The standard InChI is InChI=1S/C36H29N5O4S.4C2H4O2/c1-40-28-13-6-3-9-22(28)17-29(40)34(42)39-27-15-14-21(18-30(27)45-2)26-20-46-32-23(19-38-33(37)31(26)32)10-7-8-16-41-35(43)24-11-4-5-12-25(24)36(41)44;4*1-2(3)4/h3-7,9-15,17-20H,8,16H2,1-2H3,(H2,37,38)(H,39,42);4*1H3,(H,3,4)/b10-7+;;;;. The number of carbonyl (C=O) groups is 7. The van der Waals surface area contributed by atoms with Gasteiger partial charge >= 0.3 is 0 Å². The fourth-order valence-electron chi connectivity index (χ4n) is 5.93. The number of hydrogen-bond donors (Lipinski definition) is 6. The number of fused-ring (bicyclic) bond motifs is 3. The van der Waals surface area contributed by atoms with Crippen molar-refractivity contribution in [3.8, 4) is 16.9 Å². The molecule has 62 heavy (non-hydrogen) atoms. The highest BCUT2D eigenvalue weighted by molar-refractivity contribution is 7.18. The number of nitrogen functional groups attached to an aromatic ring is 1. The predicted molar refractivity (Wildman–Crippen MR) is 236 cm³/mol. The highest BCUT2D eigenvalue weighted by Crippen LogP contribution is 2.41. The summed E-state index contributed by atoms with van der Waals surface area (Å²) >= 11 is 1.55. The molecule has 6 aromatic rings. The van der Waals surface area contributed by atoms with E-state index in [1.807, 2.05) is 77.7 Å². The minimum atomic E-state index is -0.833. The number of ether oxygens (including phenoxy) is 1. The van der Waals surface area contributed by atoms with Crippen molar-refractivity contribution in [2.75, 3.05) is 24.7 Å². The summed E-state index contributed by atoms with van der Waals surface area (Å²) in [7, 11) is 3.44. The molecule has 0 saturated carbocycles. The second-order valence-corrected chi connectivity index (χ2v) is 13.9. The Morgan fingerprint density at radius 2 is 1.35 bits per heavy atom. The zero-order chi connectivity index (χ0) is 46.3. The van der Waals surface area contributed by atoms with Gasteiger partial charge in [0.1, 0.15) is 17.3 Å². The van der Waals surface area contributed by atoms with Crippen LogP contribution in [0.15, 0.2) is 90.4 Å². The van der Waals surface area contributed by atoms with Crippen molar-refractivity contribution >= 4 is 91.5 Å². The topological polar surface area (TPSA) is 269 Å². The average Bonchev–Trinajstić information content (AvgIpc) is 3.86. The molecule has 324 valence electrons. The van der Waals surface area contributed by atoms with Gasteiger partial charge in [0, 0.05) is 79.6 Å². The lowest BCUT2D eigenvalue weighted by molar-refractivity contribution is -0.135. The van der Waals surface area contributed by atoms with Gasteiger partial charge in [0.05, 0.1) is 23.9 Å². The Hall–Kier alpha value is -7.86. The first-order valence-electron chi connectivity index (χ1n) is 18.4. The molecule has 7 rings (SSSR count). The molecule has 4 heterocycles. The molecular weight excluding hydrogens is 823 g/mol. The summed E-state index contributed by atoms with van der Waals surface area (Å²) in [6.45, 7) is 4.62. The van der Waals surface area contributed by atoms with Crippen LogP contribution in [0.3, 0.4) is 0 Å². The summed E-state index contributed by atoms with van der Waals surface area (Å²) in [5.41, 5.74) is 12.0. The Kier molecular flexibility index (Phi) is 17.6. The molecule has 0 spiro atoms. The number of nitrogens with zero attached hydrogens (tertiary/aromatic N) is 3. The Morgan fingerprint density at radius 3 is 1.90 bits per heavy atom. The zero-order valence-electron chi connectivity index (χ0n) is 34.5. The molecule has 18 heteroatoms. The molecule has 0 aliphatic carbocycles. The van der Waals surface area contributed by atoms with Gasteiger partial charge in [-0.3, -0.25) is 38.5 Å². The van der Waals surface area contributed by atoms with Gasteiger partial charge < -0.3 is 40.8 Å². The number of methoxy groups -OCH3 is 1. The number of pyridine rings is 1. The fourth-order valence-corrected chi connectivity index (χ4v) is 7.01. The molecule has 3 aromatic carbocycles. The van der Waals surface area contributed by atoms with Crippen LogP contribution in [-0.4, -0.2) is 90.1 Å². The van der Waals surface area contributed by atoms with Crippen LogP contribution in [0.1, 0.15) is 70.9 Å². The largest absolute Gasteiger partial charge is 0.495 e. The van der Waals surface area contributed by atoms with Crippen LogP contribution in [0.2, 0.25) is 0 Å². The number of thiophene rings is 1. The van der Waals surface area contributed by atoms with E-state index < -0.39 is 23.9 Å². The summed E-state index contributed by atoms with van der Waals surface area (Å²) in [4.78, 5) is 80.4. The summed E-state index contributed by atoms with van der Waals surface area (Å²) in [6, 6.07) is 22.2. The third-order valence-electron chi connectivity index (χ3n) is 8.29. The van der Waals surface area contributed by atoms with Crippen LogP contribution >= 0.6 is 11.3 Å². The summed E-state index contributed by atoms with van der Waals surface area (Å²) in [5, 5.41) is 36.5. The summed E-state index contributed by atoms with van der Waals surface area (Å²) < 4.78 is 8.53. The van der Waals surface area contributed by atoms with Crippen molar-refractivity contribution in [2.24, 2.45) is 7.05 Å². The number of carboxylic acids is 4. The minimum absolute atomic E-state index is 0.237. The second-order valence-electron chi connectivity index (χ2n) is 13.0. The number of benzene rings is 3. The lowest BCUT2D eigenvalue weighted by atomic mass is 10.0. The fraction of sp³-hybridized carbons (Fsp3) is 0.182. The number of hydrogen-bond acceptors (Lipinski definition) is 11. The number of carboxylic acid groups (broad SMARTS) is 4. The maximum atomic E-state index is 13.3. The lowest BCUT2D eigenvalue weighted by Crippen LogP contribution is -2.30. The number of aryl methyl sites for hydroxylation is 1. The minimum Gasteiger partial charge on any atom is -0.495 e. The van der Waals surface area contributed by atoms with E-state index in [9.17, 15) is 14.4 Å². The van der Waals surface area contributed by atoms with Gasteiger partial charge in [-0.1, -0.05) is 48.6 Å². The number of imide groups is 1. The van der Waals surface area contributed by atoms with Crippen molar-refractivity contribution in [1.82, 2.24) is 14.5 Å². The Balaban J connectivity index is 0.000000553. The van der Waals surface area contributed by atoms with E-state index in [1.165, 1.54) is 4.90 Å². The first-order chi connectivity index (χ1) is 29.3. The Bertz CT molecular complexity index is 2570. The second kappa shape index (κ2) is 22.5. The molecule has 1 aliphatic heterocycles. The van der Waals surface area contributed by atoms with E-state index in [1.54, 1.807) is 48.9 Å². The maximum absolute atomic E-state index is 13.3. The Morgan fingerprint density at radius 1 is 0.806 bits per heavy atom. The van der Waals surface area contributed by atoms with Gasteiger partial charge in [-0.2, -0.15) is 0 Å². The normalized spacial score (nSPS) is 11.2. The van der Waals surface area contributed by atoms with Crippen molar-refractivity contribution in [3.63, 3.8) is 0 Å². The number of amides is 3. The van der Waals surface area contributed by atoms with Gasteiger partial charge in [0.2, 0.25) is 0 Å². The molecule has 0 radical (unpaired) electrons. The van der Waals surface area contributed by atoms with Crippen LogP contribution in [-0.2, 0) is 26.2 Å². The summed E-state index contributed by atoms with van der Waals surface area (Å²) in [5.74, 6) is -3.18. The van der Waals surface area contributed by atoms with Crippen LogP contribution < -0.4 is 15.8 Å². The smallest absolute Gasteiger partial charge is 0.300 e. The van der Waals surface area contributed by atoms with Gasteiger partial charge in [0.15, 0.2) is 0 Å². The molecular formula is C44H45N5O12S. The number of carbonyl (C=O) groups excluding carboxylic acids is 3. The number of para-hydroxylation sites is 1. The van der Waals surface area contributed by atoms with Crippen LogP contribution in [0.4, 0.5) is 11.5 Å². The molecule has 0 atom stereocenters. The average molecular weight is 868 g/mol. The number of nitrogens with one attached hydrogen (secondary N) is 1. The number of rotatable bonds is 8. The summed E-state index contributed by atoms with van der Waals surface area (Å²) in [6.07, 6.45) is 6.10. The monoisotopic (exact) mass is 867 g/mol. The number of aliphatic carboxylic acids is 4. The third kappa shape index (κ3) is 13.1. The molecule has 0 fully saturated rings. The van der Waals surface area contributed by atoms with Crippen molar-refractivity contribution in [1.29, 1.82) is 0 Å². The van der Waals surface area contributed by atoms with Crippen LogP contribution in [0.5, 0.6) is 5.75 Å². The van der Waals surface area contributed by atoms with Gasteiger partial charge in [0.25, 0.3) is 41.6 Å². The van der Waals surface area contributed by atoms with E-state index in [4.69, 9.17) is 50.1 Å². The molecule has 3 aromatic heterocycles. The first kappa shape index (κ1) is 48.5. The zero-order valence-corrected chi connectivity index (χ0v) is 35.4. The van der Waals surface area contributed by atoms with Crippen molar-refractivity contribution < 1.29 is 58.7 Å². The number of aromatic nitrogens is 2. The van der Waals surface area contributed by atoms with Crippen LogP contribution in [0, 0.1) is 0 Å². The first-order valence-corrected chi connectivity index (χ1v) is 19.3. The molecule has 0 unspecified atom stereocenters. The number of anilines is 2. The van der Waals surface area contributed by atoms with Gasteiger partial charge in [-0.05, 0) is 53.8 Å². The van der Waals surface area contributed by atoms with Gasteiger partial charge in [-0.25, -0.2) is 4.98 Å². The van der Waals surface area contributed by atoms with E-state index >= 15 is 0 Å². The number of nitrogens with two attached hydrogens (primary N) is 1. The predicted octanol–water partition coefficient (Wildman–Crippen LogP) is 7.36.